The van der Waals surface area contributed by atoms with Crippen molar-refractivity contribution in [2.45, 2.75) is 71.4 Å². The van der Waals surface area contributed by atoms with Gasteiger partial charge in [0, 0.05) is 6.61 Å². The molecule has 1 heterocycles. The van der Waals surface area contributed by atoms with E-state index in [9.17, 15) is 0 Å². The van der Waals surface area contributed by atoms with Crippen molar-refractivity contribution < 1.29 is 14.2 Å². The fourth-order valence-electron chi connectivity index (χ4n) is 1.71. The summed E-state index contributed by atoms with van der Waals surface area (Å²) >= 11 is 0. The van der Waals surface area contributed by atoms with Gasteiger partial charge in [-0.25, -0.2) is 0 Å². The summed E-state index contributed by atoms with van der Waals surface area (Å²) in [5.41, 5.74) is -0.226. The minimum absolute atomic E-state index is 0.0819. The normalized spacial score (nSPS) is 27.4. The number of rotatable bonds is 3. The van der Waals surface area contributed by atoms with Gasteiger partial charge in [-0.05, 0) is 48.0 Å². The molecular weight excluding hydrogens is 204 g/mol. The van der Waals surface area contributed by atoms with Gasteiger partial charge in [0.2, 0.25) is 0 Å². The average Bonchev–Trinajstić information content (AvgIpc) is 2.44. The van der Waals surface area contributed by atoms with Crippen LogP contribution in [-0.2, 0) is 14.2 Å². The summed E-state index contributed by atoms with van der Waals surface area (Å²) in [6.45, 7) is 13.8. The third-order valence-electron chi connectivity index (χ3n) is 2.33. The maximum Gasteiger partial charge on any atom is 0.107 e. The van der Waals surface area contributed by atoms with Gasteiger partial charge < -0.3 is 14.2 Å². The lowest BCUT2D eigenvalue weighted by Gasteiger charge is -2.29. The second-order valence-corrected chi connectivity index (χ2v) is 6.39. The van der Waals surface area contributed by atoms with E-state index in [-0.39, 0.29) is 23.4 Å². The average molecular weight is 230 g/mol. The molecule has 0 unspecified atom stereocenters. The maximum absolute atomic E-state index is 5.97. The molecule has 0 saturated carbocycles. The molecule has 0 amide bonds. The summed E-state index contributed by atoms with van der Waals surface area (Å²) in [5.74, 6) is 0. The molecular formula is C13H26O3. The quantitative estimate of drug-likeness (QED) is 0.746. The molecule has 0 aromatic heterocycles. The Balaban J connectivity index is 2.41. The SMILES string of the molecule is CC(C)(C)OC[C@H]1OCC[C@H]1OC(C)(C)C. The van der Waals surface area contributed by atoms with E-state index in [1.165, 1.54) is 0 Å². The topological polar surface area (TPSA) is 27.7 Å². The summed E-state index contributed by atoms with van der Waals surface area (Å²) in [4.78, 5) is 0. The Morgan fingerprint density at radius 3 is 2.19 bits per heavy atom. The van der Waals surface area contributed by atoms with Crippen molar-refractivity contribution >= 4 is 0 Å². The van der Waals surface area contributed by atoms with Gasteiger partial charge in [0.05, 0.1) is 23.9 Å². The molecule has 0 aromatic carbocycles. The van der Waals surface area contributed by atoms with Gasteiger partial charge in [0.25, 0.3) is 0 Å². The minimum Gasteiger partial charge on any atom is -0.373 e. The predicted molar refractivity (Wildman–Crippen MR) is 64.7 cm³/mol. The van der Waals surface area contributed by atoms with Crippen molar-refractivity contribution in [3.05, 3.63) is 0 Å². The fraction of sp³-hybridized carbons (Fsp3) is 1.00. The van der Waals surface area contributed by atoms with Crippen LogP contribution in [0.2, 0.25) is 0 Å². The first-order chi connectivity index (χ1) is 7.17. The first kappa shape index (κ1) is 13.9. The van der Waals surface area contributed by atoms with Crippen LogP contribution in [0, 0.1) is 0 Å². The molecule has 1 saturated heterocycles. The number of ether oxygens (including phenoxy) is 3. The molecule has 0 aliphatic carbocycles. The van der Waals surface area contributed by atoms with Gasteiger partial charge in [-0.15, -0.1) is 0 Å². The van der Waals surface area contributed by atoms with Gasteiger partial charge in [0.1, 0.15) is 6.10 Å². The van der Waals surface area contributed by atoms with Gasteiger partial charge in [-0.2, -0.15) is 0 Å². The van der Waals surface area contributed by atoms with Crippen molar-refractivity contribution in [3.8, 4) is 0 Å². The van der Waals surface area contributed by atoms with Crippen LogP contribution >= 0.6 is 0 Å². The lowest BCUT2D eigenvalue weighted by Crippen LogP contribution is -2.37. The molecule has 16 heavy (non-hydrogen) atoms. The summed E-state index contributed by atoms with van der Waals surface area (Å²) in [5, 5.41) is 0. The molecule has 2 atom stereocenters. The molecule has 1 rings (SSSR count). The van der Waals surface area contributed by atoms with E-state index in [2.05, 4.69) is 41.5 Å². The molecule has 96 valence electrons. The molecule has 1 aliphatic heterocycles. The van der Waals surface area contributed by atoms with Crippen molar-refractivity contribution in [2.75, 3.05) is 13.2 Å². The Morgan fingerprint density at radius 2 is 1.69 bits per heavy atom. The standard InChI is InChI=1S/C13H26O3/c1-12(2,3)15-9-11-10(7-8-14-11)16-13(4,5)6/h10-11H,7-9H2,1-6H3/t10-,11-/m1/s1. The van der Waals surface area contributed by atoms with Crippen LogP contribution in [0.4, 0.5) is 0 Å². The molecule has 1 aliphatic rings. The van der Waals surface area contributed by atoms with Crippen LogP contribution in [-0.4, -0.2) is 36.6 Å². The third-order valence-corrected chi connectivity index (χ3v) is 2.33. The Labute approximate surface area is 99.5 Å². The second kappa shape index (κ2) is 5.03. The van der Waals surface area contributed by atoms with Gasteiger partial charge >= 0.3 is 0 Å². The van der Waals surface area contributed by atoms with Crippen LogP contribution in [0.3, 0.4) is 0 Å². The van der Waals surface area contributed by atoms with Crippen molar-refractivity contribution in [2.24, 2.45) is 0 Å². The lowest BCUT2D eigenvalue weighted by atomic mass is 10.1. The Kier molecular flexibility index (Phi) is 4.38. The van der Waals surface area contributed by atoms with E-state index in [4.69, 9.17) is 14.2 Å². The molecule has 1 fully saturated rings. The van der Waals surface area contributed by atoms with Crippen molar-refractivity contribution in [1.29, 1.82) is 0 Å². The van der Waals surface area contributed by atoms with Crippen LogP contribution in [0.5, 0.6) is 0 Å². The first-order valence-electron chi connectivity index (χ1n) is 6.11. The molecule has 0 bridgehead atoms. The van der Waals surface area contributed by atoms with E-state index in [1.54, 1.807) is 0 Å². The zero-order chi connectivity index (χ0) is 12.4. The van der Waals surface area contributed by atoms with Crippen LogP contribution in [0.15, 0.2) is 0 Å². The molecule has 0 N–H and O–H groups in total. The fourth-order valence-corrected chi connectivity index (χ4v) is 1.71. The second-order valence-electron chi connectivity index (χ2n) is 6.39. The van der Waals surface area contributed by atoms with E-state index < -0.39 is 0 Å². The molecule has 0 radical (unpaired) electrons. The zero-order valence-electron chi connectivity index (χ0n) is 11.5. The van der Waals surface area contributed by atoms with E-state index in [1.807, 2.05) is 0 Å². The highest BCUT2D eigenvalue weighted by molar-refractivity contribution is 4.80. The highest BCUT2D eigenvalue weighted by Crippen LogP contribution is 2.24. The Bertz CT molecular complexity index is 212. The van der Waals surface area contributed by atoms with Gasteiger partial charge in [-0.3, -0.25) is 0 Å². The Hall–Kier alpha value is -0.120. The predicted octanol–water partition coefficient (Wildman–Crippen LogP) is 2.77. The van der Waals surface area contributed by atoms with Crippen molar-refractivity contribution in [1.82, 2.24) is 0 Å². The van der Waals surface area contributed by atoms with E-state index in [0.717, 1.165) is 13.0 Å². The summed E-state index contributed by atoms with van der Waals surface area (Å²) in [6.07, 6.45) is 1.22. The summed E-state index contributed by atoms with van der Waals surface area (Å²) in [7, 11) is 0. The van der Waals surface area contributed by atoms with Crippen LogP contribution in [0.1, 0.15) is 48.0 Å². The smallest absolute Gasteiger partial charge is 0.107 e. The van der Waals surface area contributed by atoms with Crippen LogP contribution < -0.4 is 0 Å². The Morgan fingerprint density at radius 1 is 1.06 bits per heavy atom. The molecule has 0 aromatic rings. The summed E-state index contributed by atoms with van der Waals surface area (Å²) < 4.78 is 17.4. The highest BCUT2D eigenvalue weighted by Gasteiger charge is 2.33. The maximum atomic E-state index is 5.97. The molecule has 3 heteroatoms. The molecule has 0 spiro atoms. The highest BCUT2D eigenvalue weighted by atomic mass is 16.6. The van der Waals surface area contributed by atoms with Gasteiger partial charge in [-0.1, -0.05) is 0 Å². The first-order valence-corrected chi connectivity index (χ1v) is 6.11. The van der Waals surface area contributed by atoms with Gasteiger partial charge in [0.15, 0.2) is 0 Å². The minimum atomic E-state index is -0.113. The summed E-state index contributed by atoms with van der Waals surface area (Å²) in [6, 6.07) is 0. The lowest BCUT2D eigenvalue weighted by molar-refractivity contribution is -0.123. The zero-order valence-corrected chi connectivity index (χ0v) is 11.5. The van der Waals surface area contributed by atoms with E-state index >= 15 is 0 Å². The monoisotopic (exact) mass is 230 g/mol. The van der Waals surface area contributed by atoms with Crippen molar-refractivity contribution in [3.63, 3.8) is 0 Å². The molecule has 3 nitrogen and oxygen atoms in total. The number of hydrogen-bond donors (Lipinski definition) is 0. The largest absolute Gasteiger partial charge is 0.373 e. The third kappa shape index (κ3) is 5.28. The van der Waals surface area contributed by atoms with Crippen LogP contribution in [0.25, 0.3) is 0 Å². The van der Waals surface area contributed by atoms with E-state index in [0.29, 0.717) is 6.61 Å². The number of hydrogen-bond acceptors (Lipinski definition) is 3.